The predicted octanol–water partition coefficient (Wildman–Crippen LogP) is 10.5. The summed E-state index contributed by atoms with van der Waals surface area (Å²) < 4.78 is 6.63. The molecule has 0 fully saturated rings. The summed E-state index contributed by atoms with van der Waals surface area (Å²) >= 11 is 0. The van der Waals surface area contributed by atoms with Crippen molar-refractivity contribution in [1.82, 2.24) is 0 Å². The minimum atomic E-state index is -0.0465. The Morgan fingerprint density at radius 2 is 1.13 bits per heavy atom. The van der Waals surface area contributed by atoms with Crippen LogP contribution in [0.2, 0.25) is 0 Å². The maximum atomic E-state index is 6.63. The molecule has 0 saturated heterocycles. The van der Waals surface area contributed by atoms with Crippen LogP contribution in [0.3, 0.4) is 0 Å². The molecule has 0 bridgehead atoms. The topological polar surface area (TPSA) is 13.1 Å². The Kier molecular flexibility index (Phi) is 3.67. The third kappa shape index (κ3) is 2.42. The number of furan rings is 1. The van der Waals surface area contributed by atoms with Crippen molar-refractivity contribution in [3.05, 3.63) is 120 Å². The molecule has 38 heavy (non-hydrogen) atoms. The first-order valence-corrected chi connectivity index (χ1v) is 13.4. The van der Waals surface area contributed by atoms with Crippen molar-refractivity contribution in [3.8, 4) is 11.1 Å². The first kappa shape index (κ1) is 20.4. The molecule has 0 amide bonds. The van der Waals surface area contributed by atoms with Crippen LogP contribution in [0, 0.1) is 0 Å². The number of fused-ring (bicyclic) bond motifs is 14. The molecule has 0 N–H and O–H groups in total. The molecule has 9 rings (SSSR count). The predicted molar refractivity (Wildman–Crippen MR) is 161 cm³/mol. The van der Waals surface area contributed by atoms with Crippen LogP contribution < -0.4 is 0 Å². The van der Waals surface area contributed by atoms with Gasteiger partial charge in [0.15, 0.2) is 0 Å². The van der Waals surface area contributed by atoms with Crippen LogP contribution in [0.1, 0.15) is 25.0 Å². The van der Waals surface area contributed by atoms with Crippen LogP contribution in [0.15, 0.2) is 114 Å². The lowest BCUT2D eigenvalue weighted by Gasteiger charge is -2.21. The lowest BCUT2D eigenvalue weighted by Crippen LogP contribution is -2.14. The maximum Gasteiger partial charge on any atom is 0.136 e. The Labute approximate surface area is 219 Å². The van der Waals surface area contributed by atoms with Gasteiger partial charge in [-0.05, 0) is 89.6 Å². The first-order valence-electron chi connectivity index (χ1n) is 13.4. The fourth-order valence-corrected chi connectivity index (χ4v) is 7.18. The van der Waals surface area contributed by atoms with E-state index in [1.807, 2.05) is 0 Å². The van der Waals surface area contributed by atoms with Gasteiger partial charge in [0.2, 0.25) is 0 Å². The maximum absolute atomic E-state index is 6.63. The van der Waals surface area contributed by atoms with Gasteiger partial charge in [-0.3, -0.25) is 0 Å². The SMILES string of the molecule is CC1(C)c2ccccc2-c2cc3c(cc21)oc1cc2c4ccccc4c4ccc5ccccc5c4c2cc13. The van der Waals surface area contributed by atoms with Gasteiger partial charge in [-0.1, -0.05) is 98.8 Å². The zero-order chi connectivity index (χ0) is 25.2. The van der Waals surface area contributed by atoms with E-state index in [1.165, 1.54) is 76.1 Å². The van der Waals surface area contributed by atoms with E-state index in [0.717, 1.165) is 11.2 Å². The molecule has 1 aliphatic rings. The standard InChI is InChI=1S/C37H24O/c1-37(2)32-14-8-7-13-25(32)28-17-29-30-18-31-27(19-34(30)38-35(29)20-33(28)37)24-12-6-5-11-23(24)26-16-15-21-9-3-4-10-22(21)36(26)31/h3-20H,1-2H3. The van der Waals surface area contributed by atoms with Gasteiger partial charge >= 0.3 is 0 Å². The zero-order valence-electron chi connectivity index (χ0n) is 21.3. The summed E-state index contributed by atoms with van der Waals surface area (Å²) in [5.41, 5.74) is 7.27. The summed E-state index contributed by atoms with van der Waals surface area (Å²) in [6, 6.07) is 40.2. The van der Waals surface area contributed by atoms with Crippen molar-refractivity contribution in [2.24, 2.45) is 0 Å². The molecule has 0 unspecified atom stereocenters. The van der Waals surface area contributed by atoms with Crippen molar-refractivity contribution in [1.29, 1.82) is 0 Å². The molecular weight excluding hydrogens is 460 g/mol. The summed E-state index contributed by atoms with van der Waals surface area (Å²) in [5.74, 6) is 0. The average Bonchev–Trinajstić information content (AvgIpc) is 3.42. The molecule has 0 radical (unpaired) electrons. The molecule has 0 spiro atoms. The second kappa shape index (κ2) is 6.82. The Morgan fingerprint density at radius 1 is 0.447 bits per heavy atom. The minimum Gasteiger partial charge on any atom is -0.456 e. The minimum absolute atomic E-state index is 0.0465. The lowest BCUT2D eigenvalue weighted by atomic mass is 9.82. The fraction of sp³-hybridized carbons (Fsp3) is 0.0811. The molecule has 1 aliphatic carbocycles. The molecule has 0 aliphatic heterocycles. The van der Waals surface area contributed by atoms with Crippen molar-refractivity contribution in [2.45, 2.75) is 19.3 Å². The molecule has 1 aromatic heterocycles. The summed E-state index contributed by atoms with van der Waals surface area (Å²) in [5, 5.41) is 12.6. The van der Waals surface area contributed by atoms with E-state index >= 15 is 0 Å². The second-order valence-corrected chi connectivity index (χ2v) is 11.3. The van der Waals surface area contributed by atoms with E-state index < -0.39 is 0 Å². The Bertz CT molecular complexity index is 2310. The molecule has 0 saturated carbocycles. The van der Waals surface area contributed by atoms with Crippen LogP contribution in [0.5, 0.6) is 0 Å². The summed E-state index contributed by atoms with van der Waals surface area (Å²) in [4.78, 5) is 0. The summed E-state index contributed by atoms with van der Waals surface area (Å²) in [7, 11) is 0. The quantitative estimate of drug-likeness (QED) is 0.195. The highest BCUT2D eigenvalue weighted by molar-refractivity contribution is 6.33. The summed E-state index contributed by atoms with van der Waals surface area (Å²) in [6.45, 7) is 4.65. The number of rotatable bonds is 0. The summed E-state index contributed by atoms with van der Waals surface area (Å²) in [6.07, 6.45) is 0. The van der Waals surface area contributed by atoms with E-state index in [1.54, 1.807) is 0 Å². The van der Waals surface area contributed by atoms with Crippen LogP contribution in [-0.4, -0.2) is 0 Å². The molecule has 178 valence electrons. The smallest absolute Gasteiger partial charge is 0.136 e. The monoisotopic (exact) mass is 484 g/mol. The highest BCUT2D eigenvalue weighted by Gasteiger charge is 2.36. The average molecular weight is 485 g/mol. The van der Waals surface area contributed by atoms with E-state index in [0.29, 0.717) is 0 Å². The van der Waals surface area contributed by atoms with Crippen LogP contribution >= 0.6 is 0 Å². The second-order valence-electron chi connectivity index (χ2n) is 11.3. The van der Waals surface area contributed by atoms with Crippen LogP contribution in [-0.2, 0) is 5.41 Å². The normalized spacial score (nSPS) is 14.3. The van der Waals surface area contributed by atoms with Crippen molar-refractivity contribution < 1.29 is 4.42 Å². The Balaban J connectivity index is 1.48. The van der Waals surface area contributed by atoms with Gasteiger partial charge in [-0.2, -0.15) is 0 Å². The molecule has 1 heterocycles. The number of hydrogen-bond acceptors (Lipinski definition) is 1. The van der Waals surface area contributed by atoms with Crippen molar-refractivity contribution >= 4 is 65.0 Å². The van der Waals surface area contributed by atoms with Crippen molar-refractivity contribution in [2.75, 3.05) is 0 Å². The number of benzene rings is 7. The van der Waals surface area contributed by atoms with E-state index in [4.69, 9.17) is 4.42 Å². The largest absolute Gasteiger partial charge is 0.456 e. The van der Waals surface area contributed by atoms with E-state index in [9.17, 15) is 0 Å². The highest BCUT2D eigenvalue weighted by atomic mass is 16.3. The van der Waals surface area contributed by atoms with Crippen molar-refractivity contribution in [3.63, 3.8) is 0 Å². The van der Waals surface area contributed by atoms with Gasteiger partial charge in [0.1, 0.15) is 11.2 Å². The number of hydrogen-bond donors (Lipinski definition) is 0. The van der Waals surface area contributed by atoms with Gasteiger partial charge in [0, 0.05) is 16.2 Å². The van der Waals surface area contributed by atoms with Gasteiger partial charge in [-0.25, -0.2) is 0 Å². The van der Waals surface area contributed by atoms with Gasteiger partial charge in [0.25, 0.3) is 0 Å². The zero-order valence-corrected chi connectivity index (χ0v) is 21.3. The molecule has 1 nitrogen and oxygen atoms in total. The van der Waals surface area contributed by atoms with E-state index in [-0.39, 0.29) is 5.41 Å². The molecule has 0 atom stereocenters. The van der Waals surface area contributed by atoms with E-state index in [2.05, 4.69) is 123 Å². The van der Waals surface area contributed by atoms with Gasteiger partial charge in [-0.15, -0.1) is 0 Å². The van der Waals surface area contributed by atoms with Gasteiger partial charge < -0.3 is 4.42 Å². The lowest BCUT2D eigenvalue weighted by molar-refractivity contribution is 0.647. The molecule has 1 heteroatoms. The van der Waals surface area contributed by atoms with Gasteiger partial charge in [0.05, 0.1) is 0 Å². The molecule has 8 aromatic rings. The third-order valence-electron chi connectivity index (χ3n) is 9.02. The van der Waals surface area contributed by atoms with Crippen LogP contribution in [0.4, 0.5) is 0 Å². The molecular formula is C37H24O. The highest BCUT2D eigenvalue weighted by Crippen LogP contribution is 2.51. The Hall–Kier alpha value is -4.62. The third-order valence-corrected chi connectivity index (χ3v) is 9.02. The first-order chi connectivity index (χ1) is 18.6. The Morgan fingerprint density at radius 3 is 2.00 bits per heavy atom. The fourth-order valence-electron chi connectivity index (χ4n) is 7.18. The molecule has 7 aromatic carbocycles. The van der Waals surface area contributed by atoms with Crippen LogP contribution in [0.25, 0.3) is 76.2 Å².